The van der Waals surface area contributed by atoms with Crippen molar-refractivity contribution in [3.8, 4) is 0 Å². The zero-order chi connectivity index (χ0) is 11.6. The smallest absolute Gasteiger partial charge is 0.168 e. The van der Waals surface area contributed by atoms with Gasteiger partial charge in [0, 0.05) is 30.7 Å². The van der Waals surface area contributed by atoms with Gasteiger partial charge in [-0.15, -0.1) is 0 Å². The molecule has 4 heteroatoms. The molecule has 1 N–H and O–H groups in total. The van der Waals surface area contributed by atoms with Crippen LogP contribution in [0.2, 0.25) is 0 Å². The second kappa shape index (κ2) is 5.47. The molecule has 98 valence electrons. The summed E-state index contributed by atoms with van der Waals surface area (Å²) in [4.78, 5) is 0. The maximum atomic E-state index is 5.75. The monoisotopic (exact) mass is 257 g/mol. The average molecular weight is 257 g/mol. The van der Waals surface area contributed by atoms with Crippen LogP contribution in [0.25, 0.3) is 0 Å². The fraction of sp³-hybridized carbons (Fsp3) is 1.00. The van der Waals surface area contributed by atoms with Crippen LogP contribution in [0, 0.1) is 0 Å². The van der Waals surface area contributed by atoms with E-state index in [9.17, 15) is 0 Å². The lowest BCUT2D eigenvalue weighted by molar-refractivity contribution is -0.179. The first-order chi connectivity index (χ1) is 8.36. The molecule has 2 saturated heterocycles. The molecular weight excluding hydrogens is 234 g/mol. The van der Waals surface area contributed by atoms with Crippen LogP contribution >= 0.6 is 11.8 Å². The van der Waals surface area contributed by atoms with E-state index in [1.54, 1.807) is 0 Å². The summed E-state index contributed by atoms with van der Waals surface area (Å²) < 4.78 is 11.5. The summed E-state index contributed by atoms with van der Waals surface area (Å²) in [5, 5.41) is 4.60. The molecule has 3 nitrogen and oxygen atoms in total. The van der Waals surface area contributed by atoms with Crippen LogP contribution in [-0.2, 0) is 9.47 Å². The molecule has 17 heavy (non-hydrogen) atoms. The van der Waals surface area contributed by atoms with E-state index in [2.05, 4.69) is 17.1 Å². The van der Waals surface area contributed by atoms with Crippen LogP contribution in [0.15, 0.2) is 0 Å². The first-order valence-corrected chi connectivity index (χ1v) is 8.04. The van der Waals surface area contributed by atoms with Gasteiger partial charge in [0.25, 0.3) is 0 Å². The summed E-state index contributed by atoms with van der Waals surface area (Å²) in [6.45, 7) is 2.78. The van der Waals surface area contributed by atoms with Crippen molar-refractivity contribution in [2.24, 2.45) is 0 Å². The van der Waals surface area contributed by atoms with Crippen molar-refractivity contribution in [2.45, 2.75) is 55.6 Å². The summed E-state index contributed by atoms with van der Waals surface area (Å²) >= 11 is 2.14. The quantitative estimate of drug-likeness (QED) is 0.839. The fourth-order valence-electron chi connectivity index (χ4n) is 3.15. The highest BCUT2D eigenvalue weighted by Gasteiger charge is 2.40. The Morgan fingerprint density at radius 3 is 2.53 bits per heavy atom. The largest absolute Gasteiger partial charge is 0.348 e. The molecule has 3 rings (SSSR count). The van der Waals surface area contributed by atoms with Crippen molar-refractivity contribution in [1.82, 2.24) is 5.32 Å². The molecule has 0 aromatic heterocycles. The molecule has 0 aromatic rings. The third kappa shape index (κ3) is 2.98. The summed E-state index contributed by atoms with van der Waals surface area (Å²) in [6.07, 6.45) is 7.37. The Morgan fingerprint density at radius 1 is 1.12 bits per heavy atom. The SMILES string of the molecule is C1CSC(CNC2CCC3(CC2)OCCO3)C1. The van der Waals surface area contributed by atoms with Gasteiger partial charge in [-0.25, -0.2) is 0 Å². The Labute approximate surface area is 108 Å². The minimum atomic E-state index is -0.194. The van der Waals surface area contributed by atoms with Gasteiger partial charge in [-0.1, -0.05) is 0 Å². The Balaban J connectivity index is 1.39. The van der Waals surface area contributed by atoms with Crippen molar-refractivity contribution >= 4 is 11.8 Å². The van der Waals surface area contributed by atoms with Gasteiger partial charge in [0.1, 0.15) is 0 Å². The van der Waals surface area contributed by atoms with Gasteiger partial charge in [0.05, 0.1) is 13.2 Å². The van der Waals surface area contributed by atoms with Gasteiger partial charge >= 0.3 is 0 Å². The van der Waals surface area contributed by atoms with E-state index < -0.39 is 0 Å². The first kappa shape index (κ1) is 12.3. The number of hydrogen-bond acceptors (Lipinski definition) is 4. The molecule has 0 bridgehead atoms. The van der Waals surface area contributed by atoms with Gasteiger partial charge in [0.15, 0.2) is 5.79 Å². The van der Waals surface area contributed by atoms with Crippen molar-refractivity contribution in [3.63, 3.8) is 0 Å². The predicted octanol–water partition coefficient (Wildman–Crippen LogP) is 2.16. The number of rotatable bonds is 3. The summed E-state index contributed by atoms with van der Waals surface area (Å²) in [7, 11) is 0. The maximum absolute atomic E-state index is 5.75. The highest BCUT2D eigenvalue weighted by atomic mass is 32.2. The van der Waals surface area contributed by atoms with Crippen LogP contribution in [0.4, 0.5) is 0 Å². The van der Waals surface area contributed by atoms with E-state index in [1.165, 1.54) is 38.0 Å². The molecular formula is C13H23NO2S. The van der Waals surface area contributed by atoms with Crippen LogP contribution in [-0.4, -0.2) is 42.6 Å². The molecule has 2 aliphatic heterocycles. The second-order valence-electron chi connectivity index (χ2n) is 5.43. The molecule has 3 aliphatic rings. The average Bonchev–Trinajstić information content (AvgIpc) is 3.01. The lowest BCUT2D eigenvalue weighted by Gasteiger charge is -2.36. The lowest BCUT2D eigenvalue weighted by atomic mass is 9.90. The molecule has 1 unspecified atom stereocenters. The number of nitrogens with one attached hydrogen (secondary N) is 1. The van der Waals surface area contributed by atoms with E-state index >= 15 is 0 Å². The van der Waals surface area contributed by atoms with Crippen LogP contribution in [0.3, 0.4) is 0 Å². The topological polar surface area (TPSA) is 30.5 Å². The Kier molecular flexibility index (Phi) is 3.95. The number of ether oxygens (including phenoxy) is 2. The Hall–Kier alpha value is 0.230. The maximum Gasteiger partial charge on any atom is 0.168 e. The zero-order valence-electron chi connectivity index (χ0n) is 10.5. The molecule has 2 heterocycles. The fourth-order valence-corrected chi connectivity index (χ4v) is 4.36. The van der Waals surface area contributed by atoms with E-state index in [0.29, 0.717) is 6.04 Å². The standard InChI is InChI=1S/C13H23NO2S/c1-2-12(17-9-1)10-14-11-3-5-13(6-4-11)15-7-8-16-13/h11-12,14H,1-10H2. The van der Waals surface area contributed by atoms with Gasteiger partial charge < -0.3 is 14.8 Å². The van der Waals surface area contributed by atoms with Gasteiger partial charge in [-0.05, 0) is 31.4 Å². The molecule has 0 aromatic carbocycles. The summed E-state index contributed by atoms with van der Waals surface area (Å²) in [5.41, 5.74) is 0. The first-order valence-electron chi connectivity index (χ1n) is 6.99. The lowest BCUT2D eigenvalue weighted by Crippen LogP contribution is -2.43. The summed E-state index contributed by atoms with van der Waals surface area (Å²) in [5.74, 6) is 1.17. The summed E-state index contributed by atoms with van der Waals surface area (Å²) in [6, 6.07) is 0.689. The van der Waals surface area contributed by atoms with E-state index in [0.717, 1.165) is 31.3 Å². The van der Waals surface area contributed by atoms with Gasteiger partial charge in [-0.2, -0.15) is 11.8 Å². The molecule has 0 radical (unpaired) electrons. The van der Waals surface area contributed by atoms with Crippen LogP contribution in [0.5, 0.6) is 0 Å². The predicted molar refractivity (Wildman–Crippen MR) is 70.4 cm³/mol. The van der Waals surface area contributed by atoms with Crippen LogP contribution in [0.1, 0.15) is 38.5 Å². The van der Waals surface area contributed by atoms with E-state index in [-0.39, 0.29) is 5.79 Å². The molecule has 1 saturated carbocycles. The number of thioether (sulfide) groups is 1. The Morgan fingerprint density at radius 2 is 1.88 bits per heavy atom. The van der Waals surface area contributed by atoms with Gasteiger partial charge in [-0.3, -0.25) is 0 Å². The van der Waals surface area contributed by atoms with E-state index in [1.807, 2.05) is 0 Å². The van der Waals surface area contributed by atoms with Crippen LogP contribution < -0.4 is 5.32 Å². The molecule has 1 spiro atoms. The van der Waals surface area contributed by atoms with Crippen molar-refractivity contribution in [3.05, 3.63) is 0 Å². The zero-order valence-corrected chi connectivity index (χ0v) is 11.3. The Bertz CT molecular complexity index is 237. The van der Waals surface area contributed by atoms with Crippen molar-refractivity contribution in [2.75, 3.05) is 25.5 Å². The highest BCUT2D eigenvalue weighted by molar-refractivity contribution is 8.00. The molecule has 1 aliphatic carbocycles. The minimum Gasteiger partial charge on any atom is -0.348 e. The highest BCUT2D eigenvalue weighted by Crippen LogP contribution is 2.36. The third-order valence-electron chi connectivity index (χ3n) is 4.22. The molecule has 1 atom stereocenters. The third-order valence-corrected chi connectivity index (χ3v) is 5.62. The van der Waals surface area contributed by atoms with E-state index in [4.69, 9.17) is 9.47 Å². The molecule has 0 amide bonds. The normalized spacial score (nSPS) is 33.5. The number of hydrogen-bond donors (Lipinski definition) is 1. The van der Waals surface area contributed by atoms with Gasteiger partial charge in [0.2, 0.25) is 0 Å². The minimum absolute atomic E-state index is 0.194. The van der Waals surface area contributed by atoms with Crippen molar-refractivity contribution in [1.29, 1.82) is 0 Å². The molecule has 3 fully saturated rings. The van der Waals surface area contributed by atoms with Crippen molar-refractivity contribution < 1.29 is 9.47 Å². The second-order valence-corrected chi connectivity index (χ2v) is 6.83.